The summed E-state index contributed by atoms with van der Waals surface area (Å²) >= 11 is 0. The van der Waals surface area contributed by atoms with Crippen LogP contribution in [0.1, 0.15) is 25.3 Å². The minimum absolute atomic E-state index is 0.106. The maximum absolute atomic E-state index is 5.59. The molecule has 0 saturated carbocycles. The average molecular weight is 258 g/mol. The number of aromatic nitrogens is 2. The van der Waals surface area contributed by atoms with E-state index in [9.17, 15) is 0 Å². The number of hydrogen-bond donors (Lipinski definition) is 2. The van der Waals surface area contributed by atoms with Crippen LogP contribution in [-0.4, -0.2) is 9.97 Å². The predicted octanol–water partition coefficient (Wildman–Crippen LogP) is 2.78. The van der Waals surface area contributed by atoms with Gasteiger partial charge in [-0.3, -0.25) is 0 Å². The lowest BCUT2D eigenvalue weighted by Gasteiger charge is -2.07. The van der Waals surface area contributed by atoms with E-state index in [1.165, 1.54) is 18.4 Å². The van der Waals surface area contributed by atoms with Gasteiger partial charge in [-0.25, -0.2) is 0 Å². The Labute approximate surface area is 112 Å². The summed E-state index contributed by atoms with van der Waals surface area (Å²) in [6.07, 6.45) is 3.47. The molecule has 0 unspecified atom stereocenters. The van der Waals surface area contributed by atoms with Crippen molar-refractivity contribution in [3.63, 3.8) is 0 Å². The van der Waals surface area contributed by atoms with Gasteiger partial charge in [-0.1, -0.05) is 25.5 Å². The van der Waals surface area contributed by atoms with Gasteiger partial charge in [0.05, 0.1) is 0 Å². The van der Waals surface area contributed by atoms with Gasteiger partial charge in [-0.2, -0.15) is 9.97 Å². The van der Waals surface area contributed by atoms with E-state index in [0.717, 1.165) is 6.42 Å². The van der Waals surface area contributed by atoms with Crippen LogP contribution in [0.25, 0.3) is 0 Å². The molecule has 5 nitrogen and oxygen atoms in total. The van der Waals surface area contributed by atoms with Gasteiger partial charge in [0.1, 0.15) is 11.6 Å². The Morgan fingerprint density at radius 1 is 1.11 bits per heavy atom. The van der Waals surface area contributed by atoms with E-state index in [1.54, 1.807) is 6.07 Å². The molecule has 1 aromatic heterocycles. The molecule has 0 aliphatic carbocycles. The first-order chi connectivity index (χ1) is 9.17. The molecule has 0 bridgehead atoms. The second-order valence-electron chi connectivity index (χ2n) is 4.34. The molecule has 0 saturated heterocycles. The van der Waals surface area contributed by atoms with Crippen LogP contribution in [0.4, 0.5) is 11.8 Å². The molecular formula is C14H18N4O. The number of nitrogen functional groups attached to an aromatic ring is 2. The molecule has 4 N–H and O–H groups in total. The maximum atomic E-state index is 5.59. The topological polar surface area (TPSA) is 87.0 Å². The van der Waals surface area contributed by atoms with Gasteiger partial charge < -0.3 is 16.2 Å². The van der Waals surface area contributed by atoms with E-state index in [1.807, 2.05) is 12.1 Å². The van der Waals surface area contributed by atoms with Crippen molar-refractivity contribution >= 4 is 11.8 Å². The van der Waals surface area contributed by atoms with E-state index in [4.69, 9.17) is 16.2 Å². The van der Waals surface area contributed by atoms with Crippen LogP contribution >= 0.6 is 0 Å². The minimum Gasteiger partial charge on any atom is -0.439 e. The third-order valence-corrected chi connectivity index (χ3v) is 2.70. The van der Waals surface area contributed by atoms with Crippen molar-refractivity contribution in [2.24, 2.45) is 0 Å². The largest absolute Gasteiger partial charge is 0.439 e. The summed E-state index contributed by atoms with van der Waals surface area (Å²) in [7, 11) is 0. The number of unbranched alkanes of at least 4 members (excludes halogenated alkanes) is 1. The summed E-state index contributed by atoms with van der Waals surface area (Å²) in [5, 5.41) is 0. The van der Waals surface area contributed by atoms with Gasteiger partial charge >= 0.3 is 0 Å². The monoisotopic (exact) mass is 258 g/mol. The van der Waals surface area contributed by atoms with E-state index in [-0.39, 0.29) is 5.95 Å². The lowest BCUT2D eigenvalue weighted by Crippen LogP contribution is -2.00. The molecule has 0 aliphatic rings. The third-order valence-electron chi connectivity index (χ3n) is 2.70. The highest BCUT2D eigenvalue weighted by Crippen LogP contribution is 2.22. The highest BCUT2D eigenvalue weighted by atomic mass is 16.5. The Kier molecular flexibility index (Phi) is 4.18. The summed E-state index contributed by atoms with van der Waals surface area (Å²) < 4.78 is 5.59. The van der Waals surface area contributed by atoms with Crippen molar-refractivity contribution in [2.45, 2.75) is 26.2 Å². The quantitative estimate of drug-likeness (QED) is 0.861. The highest BCUT2D eigenvalue weighted by Gasteiger charge is 2.03. The highest BCUT2D eigenvalue weighted by molar-refractivity contribution is 5.40. The van der Waals surface area contributed by atoms with Crippen LogP contribution in [0.2, 0.25) is 0 Å². The molecule has 1 heterocycles. The first kappa shape index (κ1) is 13.1. The SMILES string of the molecule is CCCCc1ccc(Oc2cc(N)nc(N)n2)cc1. The molecule has 1 aromatic carbocycles. The van der Waals surface area contributed by atoms with Crippen LogP contribution in [0, 0.1) is 0 Å². The van der Waals surface area contributed by atoms with Gasteiger partial charge in [0.15, 0.2) is 0 Å². The Bertz CT molecular complexity index is 519. The zero-order valence-electron chi connectivity index (χ0n) is 11.0. The van der Waals surface area contributed by atoms with Crippen LogP contribution in [0.3, 0.4) is 0 Å². The van der Waals surface area contributed by atoms with Crippen LogP contribution in [-0.2, 0) is 6.42 Å². The second kappa shape index (κ2) is 6.04. The Morgan fingerprint density at radius 2 is 1.84 bits per heavy atom. The molecule has 5 heteroatoms. The van der Waals surface area contributed by atoms with Crippen molar-refractivity contribution in [3.8, 4) is 11.6 Å². The van der Waals surface area contributed by atoms with Gasteiger partial charge in [0.2, 0.25) is 11.8 Å². The lowest BCUT2D eigenvalue weighted by molar-refractivity contribution is 0.463. The zero-order valence-corrected chi connectivity index (χ0v) is 11.0. The molecule has 2 rings (SSSR count). The van der Waals surface area contributed by atoms with Crippen LogP contribution in [0.5, 0.6) is 11.6 Å². The van der Waals surface area contributed by atoms with Crippen molar-refractivity contribution in [2.75, 3.05) is 11.5 Å². The van der Waals surface area contributed by atoms with Crippen molar-refractivity contribution in [1.82, 2.24) is 9.97 Å². The van der Waals surface area contributed by atoms with Crippen LogP contribution in [0.15, 0.2) is 30.3 Å². The van der Waals surface area contributed by atoms with E-state index in [0.29, 0.717) is 17.4 Å². The smallest absolute Gasteiger partial charge is 0.226 e. The van der Waals surface area contributed by atoms with Gasteiger partial charge in [0.25, 0.3) is 0 Å². The first-order valence-electron chi connectivity index (χ1n) is 6.34. The van der Waals surface area contributed by atoms with Crippen molar-refractivity contribution in [3.05, 3.63) is 35.9 Å². The van der Waals surface area contributed by atoms with E-state index in [2.05, 4.69) is 29.0 Å². The summed E-state index contributed by atoms with van der Waals surface area (Å²) in [6.45, 7) is 2.18. The molecule has 2 aromatic rings. The number of aryl methyl sites for hydroxylation is 1. The molecule has 0 atom stereocenters. The fraction of sp³-hybridized carbons (Fsp3) is 0.286. The summed E-state index contributed by atoms with van der Waals surface area (Å²) in [5.41, 5.74) is 12.4. The average Bonchev–Trinajstić information content (AvgIpc) is 2.37. The molecule has 0 spiro atoms. The Balaban J connectivity index is 2.06. The number of nitrogens with two attached hydrogens (primary N) is 2. The summed E-state index contributed by atoms with van der Waals surface area (Å²) in [4.78, 5) is 7.75. The minimum atomic E-state index is 0.106. The number of benzene rings is 1. The number of ether oxygens (including phenoxy) is 1. The normalized spacial score (nSPS) is 10.4. The number of nitrogens with zero attached hydrogens (tertiary/aromatic N) is 2. The molecule has 0 amide bonds. The summed E-state index contributed by atoms with van der Waals surface area (Å²) in [5.74, 6) is 1.46. The lowest BCUT2D eigenvalue weighted by atomic mass is 10.1. The molecule has 0 fully saturated rings. The number of hydrogen-bond acceptors (Lipinski definition) is 5. The van der Waals surface area contributed by atoms with E-state index < -0.39 is 0 Å². The number of rotatable bonds is 5. The Hall–Kier alpha value is -2.30. The molecular weight excluding hydrogens is 240 g/mol. The fourth-order valence-electron chi connectivity index (χ4n) is 1.74. The second-order valence-corrected chi connectivity index (χ2v) is 4.34. The molecule has 0 aliphatic heterocycles. The van der Waals surface area contributed by atoms with Crippen molar-refractivity contribution < 1.29 is 4.74 Å². The summed E-state index contributed by atoms with van der Waals surface area (Å²) in [6, 6.07) is 9.48. The number of anilines is 2. The van der Waals surface area contributed by atoms with Crippen LogP contribution < -0.4 is 16.2 Å². The van der Waals surface area contributed by atoms with Crippen molar-refractivity contribution in [1.29, 1.82) is 0 Å². The Morgan fingerprint density at radius 3 is 2.47 bits per heavy atom. The zero-order chi connectivity index (χ0) is 13.7. The molecule has 0 radical (unpaired) electrons. The van der Waals surface area contributed by atoms with E-state index >= 15 is 0 Å². The molecule has 100 valence electrons. The molecule has 19 heavy (non-hydrogen) atoms. The predicted molar refractivity (Wildman–Crippen MR) is 76.0 cm³/mol. The van der Waals surface area contributed by atoms with Gasteiger partial charge in [-0.05, 0) is 30.5 Å². The standard InChI is InChI=1S/C14H18N4O/c1-2-3-4-10-5-7-11(8-6-10)19-13-9-12(15)17-14(16)18-13/h5-9H,2-4H2,1H3,(H4,15,16,17,18). The first-order valence-corrected chi connectivity index (χ1v) is 6.34. The van der Waals surface area contributed by atoms with Gasteiger partial charge in [0, 0.05) is 6.07 Å². The fourth-order valence-corrected chi connectivity index (χ4v) is 1.74. The maximum Gasteiger partial charge on any atom is 0.226 e. The van der Waals surface area contributed by atoms with Gasteiger partial charge in [-0.15, -0.1) is 0 Å². The third kappa shape index (κ3) is 3.84.